The molecule has 0 unspecified atom stereocenters. The molecule has 4 heteroatoms. The number of pyridine rings is 1. The molecule has 0 saturated heterocycles. The maximum Gasteiger partial charge on any atom is 0.226 e. The van der Waals surface area contributed by atoms with Crippen molar-refractivity contribution < 1.29 is 4.79 Å². The summed E-state index contributed by atoms with van der Waals surface area (Å²) in [5.41, 5.74) is 0.861. The molecule has 3 nitrogen and oxygen atoms in total. The Hall–Kier alpha value is -1.09. The summed E-state index contributed by atoms with van der Waals surface area (Å²) in [6.07, 6.45) is 4.54. The molecule has 0 aliphatic heterocycles. The van der Waals surface area contributed by atoms with E-state index in [4.69, 9.17) is 11.6 Å². The second-order valence-electron chi connectivity index (χ2n) is 2.95. The summed E-state index contributed by atoms with van der Waals surface area (Å²) in [6, 6.07) is 3.61. The third kappa shape index (κ3) is 3.00. The van der Waals surface area contributed by atoms with Gasteiger partial charge in [0.2, 0.25) is 5.91 Å². The van der Waals surface area contributed by atoms with Gasteiger partial charge < -0.3 is 4.90 Å². The Morgan fingerprint density at radius 2 is 2.14 bits per heavy atom. The van der Waals surface area contributed by atoms with Crippen molar-refractivity contribution in [2.24, 2.45) is 0 Å². The van der Waals surface area contributed by atoms with Gasteiger partial charge in [-0.3, -0.25) is 9.78 Å². The zero-order valence-electron chi connectivity index (χ0n) is 8.11. The summed E-state index contributed by atoms with van der Waals surface area (Å²) in [6.45, 7) is 0. The van der Waals surface area contributed by atoms with Gasteiger partial charge in [0.25, 0.3) is 0 Å². The van der Waals surface area contributed by atoms with Crippen molar-refractivity contribution in [3.8, 4) is 0 Å². The summed E-state index contributed by atoms with van der Waals surface area (Å²) in [7, 11) is 1.76. The van der Waals surface area contributed by atoms with Crippen LogP contribution in [0.1, 0.15) is 12.8 Å². The monoisotopic (exact) mass is 212 g/mol. The van der Waals surface area contributed by atoms with E-state index < -0.39 is 0 Å². The highest BCUT2D eigenvalue weighted by Crippen LogP contribution is 2.11. The quantitative estimate of drug-likeness (QED) is 0.716. The minimum absolute atomic E-state index is 0.0804. The molecule has 0 aliphatic carbocycles. The average molecular weight is 213 g/mol. The van der Waals surface area contributed by atoms with Gasteiger partial charge in [-0.05, 0) is 18.6 Å². The maximum atomic E-state index is 11.5. The summed E-state index contributed by atoms with van der Waals surface area (Å²) in [5.74, 6) is 0.604. The van der Waals surface area contributed by atoms with Crippen molar-refractivity contribution in [3.63, 3.8) is 0 Å². The number of rotatable bonds is 4. The van der Waals surface area contributed by atoms with Crippen molar-refractivity contribution >= 4 is 23.2 Å². The van der Waals surface area contributed by atoms with Crippen LogP contribution in [0.15, 0.2) is 24.5 Å². The molecule has 0 radical (unpaired) electrons. The van der Waals surface area contributed by atoms with Crippen LogP contribution >= 0.6 is 11.6 Å². The zero-order valence-corrected chi connectivity index (χ0v) is 8.87. The first kappa shape index (κ1) is 11.0. The number of carbonyl (C=O) groups excluding carboxylic acids is 1. The molecule has 0 saturated carbocycles. The standard InChI is InChI=1S/C10H13ClN2O/c1-13(10(14)3-2-6-11)9-4-7-12-8-5-9/h4-5,7-8H,2-3,6H2,1H3. The summed E-state index contributed by atoms with van der Waals surface area (Å²) < 4.78 is 0. The number of halogens is 1. The number of alkyl halides is 1. The smallest absolute Gasteiger partial charge is 0.226 e. The molecule has 1 amide bonds. The number of carbonyl (C=O) groups is 1. The first-order chi connectivity index (χ1) is 6.75. The SMILES string of the molecule is CN(C(=O)CCCCl)c1ccncc1. The maximum absolute atomic E-state index is 11.5. The fourth-order valence-electron chi connectivity index (χ4n) is 1.10. The Morgan fingerprint density at radius 3 is 2.71 bits per heavy atom. The van der Waals surface area contributed by atoms with Crippen LogP contribution in [0.4, 0.5) is 5.69 Å². The Kier molecular flexibility index (Phi) is 4.40. The molecule has 0 fully saturated rings. The van der Waals surface area contributed by atoms with Gasteiger partial charge in [-0.1, -0.05) is 0 Å². The molecule has 0 N–H and O–H groups in total. The minimum atomic E-state index is 0.0804. The molecule has 1 heterocycles. The van der Waals surface area contributed by atoms with Crippen LogP contribution in [0.25, 0.3) is 0 Å². The van der Waals surface area contributed by atoms with Gasteiger partial charge in [0.15, 0.2) is 0 Å². The van der Waals surface area contributed by atoms with E-state index in [1.807, 2.05) is 0 Å². The number of nitrogens with zero attached hydrogens (tertiary/aromatic N) is 2. The molecule has 0 aliphatic rings. The number of hydrogen-bond acceptors (Lipinski definition) is 2. The summed E-state index contributed by atoms with van der Waals surface area (Å²) >= 11 is 5.52. The topological polar surface area (TPSA) is 33.2 Å². The van der Waals surface area contributed by atoms with Crippen LogP contribution in [0.3, 0.4) is 0 Å². The molecule has 0 spiro atoms. The number of aromatic nitrogens is 1. The van der Waals surface area contributed by atoms with Gasteiger partial charge in [-0.15, -0.1) is 11.6 Å². The molecular formula is C10H13ClN2O. The summed E-state index contributed by atoms with van der Waals surface area (Å²) in [4.78, 5) is 17.1. The average Bonchev–Trinajstić information content (AvgIpc) is 2.26. The Labute approximate surface area is 88.7 Å². The van der Waals surface area contributed by atoms with E-state index in [1.165, 1.54) is 0 Å². The fraction of sp³-hybridized carbons (Fsp3) is 0.400. The first-order valence-electron chi connectivity index (χ1n) is 4.48. The first-order valence-corrected chi connectivity index (χ1v) is 5.01. The predicted octanol–water partition coefficient (Wildman–Crippen LogP) is 2.06. The number of amides is 1. The van der Waals surface area contributed by atoms with Crippen LogP contribution < -0.4 is 4.90 Å². The van der Waals surface area contributed by atoms with Gasteiger partial charge in [-0.2, -0.15) is 0 Å². The van der Waals surface area contributed by atoms with Crippen molar-refractivity contribution in [2.45, 2.75) is 12.8 Å². The third-order valence-electron chi connectivity index (χ3n) is 1.95. The molecule has 1 aromatic rings. The third-order valence-corrected chi connectivity index (χ3v) is 2.22. The van der Waals surface area contributed by atoms with Gasteiger partial charge in [0.05, 0.1) is 0 Å². The van der Waals surface area contributed by atoms with Crippen molar-refractivity contribution in [2.75, 3.05) is 17.8 Å². The van der Waals surface area contributed by atoms with Crippen molar-refractivity contribution in [1.82, 2.24) is 4.98 Å². The van der Waals surface area contributed by atoms with Crippen molar-refractivity contribution in [1.29, 1.82) is 0 Å². The largest absolute Gasteiger partial charge is 0.315 e. The number of anilines is 1. The molecule has 0 atom stereocenters. The Balaban J connectivity index is 2.57. The molecular weight excluding hydrogens is 200 g/mol. The van der Waals surface area contributed by atoms with Crippen molar-refractivity contribution in [3.05, 3.63) is 24.5 Å². The van der Waals surface area contributed by atoms with Gasteiger partial charge in [-0.25, -0.2) is 0 Å². The minimum Gasteiger partial charge on any atom is -0.315 e. The molecule has 0 aromatic carbocycles. The molecule has 0 bridgehead atoms. The van der Waals surface area contributed by atoms with E-state index in [0.29, 0.717) is 12.3 Å². The second kappa shape index (κ2) is 5.60. The van der Waals surface area contributed by atoms with E-state index in [9.17, 15) is 4.79 Å². The van der Waals surface area contributed by atoms with Crippen LogP contribution in [-0.2, 0) is 4.79 Å². The lowest BCUT2D eigenvalue weighted by Gasteiger charge is -2.16. The van der Waals surface area contributed by atoms with E-state index in [0.717, 1.165) is 12.1 Å². The van der Waals surface area contributed by atoms with E-state index in [-0.39, 0.29) is 5.91 Å². The Bertz CT molecular complexity index is 289. The highest BCUT2D eigenvalue weighted by molar-refractivity contribution is 6.18. The lowest BCUT2D eigenvalue weighted by molar-refractivity contribution is -0.118. The Morgan fingerprint density at radius 1 is 1.50 bits per heavy atom. The fourth-order valence-corrected chi connectivity index (χ4v) is 1.23. The van der Waals surface area contributed by atoms with Crippen LogP contribution in [-0.4, -0.2) is 23.8 Å². The lowest BCUT2D eigenvalue weighted by atomic mass is 10.3. The van der Waals surface area contributed by atoms with Crippen LogP contribution in [0.2, 0.25) is 0 Å². The van der Waals surface area contributed by atoms with Gasteiger partial charge in [0.1, 0.15) is 0 Å². The lowest BCUT2D eigenvalue weighted by Crippen LogP contribution is -2.25. The predicted molar refractivity (Wildman–Crippen MR) is 57.6 cm³/mol. The van der Waals surface area contributed by atoms with Gasteiger partial charge >= 0.3 is 0 Å². The highest BCUT2D eigenvalue weighted by atomic mass is 35.5. The van der Waals surface area contributed by atoms with Crippen LogP contribution in [0.5, 0.6) is 0 Å². The van der Waals surface area contributed by atoms with E-state index in [1.54, 1.807) is 36.5 Å². The highest BCUT2D eigenvalue weighted by Gasteiger charge is 2.09. The normalized spacial score (nSPS) is 9.86. The van der Waals surface area contributed by atoms with E-state index in [2.05, 4.69) is 4.98 Å². The van der Waals surface area contributed by atoms with E-state index >= 15 is 0 Å². The van der Waals surface area contributed by atoms with Crippen LogP contribution in [0, 0.1) is 0 Å². The zero-order chi connectivity index (χ0) is 10.4. The molecule has 14 heavy (non-hydrogen) atoms. The number of hydrogen-bond donors (Lipinski definition) is 0. The summed E-state index contributed by atoms with van der Waals surface area (Å²) in [5, 5.41) is 0. The van der Waals surface area contributed by atoms with Gasteiger partial charge in [0, 0.05) is 37.4 Å². The molecule has 1 aromatic heterocycles. The second-order valence-corrected chi connectivity index (χ2v) is 3.33. The molecule has 76 valence electrons. The molecule has 1 rings (SSSR count).